The van der Waals surface area contributed by atoms with Crippen molar-refractivity contribution in [1.29, 1.82) is 0 Å². The zero-order valence-electron chi connectivity index (χ0n) is 22.0. The summed E-state index contributed by atoms with van der Waals surface area (Å²) in [5.41, 5.74) is -0.321. The molecule has 1 aliphatic heterocycles. The Kier molecular flexibility index (Phi) is 8.59. The molecular weight excluding hydrogens is 551 g/mol. The van der Waals surface area contributed by atoms with Crippen molar-refractivity contribution in [2.24, 2.45) is 5.41 Å². The molecule has 0 radical (unpaired) electrons. The summed E-state index contributed by atoms with van der Waals surface area (Å²) in [4.78, 5) is 38.7. The number of piperidine rings is 1. The molecule has 0 aliphatic carbocycles. The number of carboxylic acid groups (broad SMARTS) is 1. The zero-order valence-corrected chi connectivity index (χ0v) is 22.9. The maximum absolute atomic E-state index is 13.8. The molecule has 40 heavy (non-hydrogen) atoms. The fourth-order valence-electron chi connectivity index (χ4n) is 4.50. The van der Waals surface area contributed by atoms with Crippen LogP contribution in [0.2, 0.25) is 0 Å². The van der Waals surface area contributed by atoms with E-state index in [1.807, 2.05) is 0 Å². The van der Waals surface area contributed by atoms with Crippen molar-refractivity contribution in [3.05, 3.63) is 46.7 Å². The number of aliphatic carboxylic acids is 1. The van der Waals surface area contributed by atoms with Crippen LogP contribution in [0, 0.1) is 5.41 Å². The van der Waals surface area contributed by atoms with Gasteiger partial charge in [0.2, 0.25) is 5.88 Å². The normalized spacial score (nSPS) is 15.4. The van der Waals surface area contributed by atoms with Gasteiger partial charge in [-0.3, -0.25) is 15.0 Å². The topological polar surface area (TPSA) is 127 Å². The number of carbonyl (C=O) groups excluding carboxylic acids is 1. The molecule has 1 fully saturated rings. The quantitative estimate of drug-likeness (QED) is 0.361. The SMILES string of the molecule is COc1ccc(-c2nc(NC(=O)c3cnc(OCC(=O)O)cn3)sc2CN2CCCC(C)(C)C2)cc1C(F)(F)F. The highest BCUT2D eigenvalue weighted by Gasteiger charge is 2.35. The number of methoxy groups -OCH3 is 1. The summed E-state index contributed by atoms with van der Waals surface area (Å²) in [5, 5.41) is 11.5. The molecule has 1 saturated heterocycles. The van der Waals surface area contributed by atoms with Crippen LogP contribution in [-0.4, -0.2) is 63.6 Å². The average Bonchev–Trinajstić information content (AvgIpc) is 3.27. The first kappa shape index (κ1) is 29.2. The molecule has 14 heteroatoms. The smallest absolute Gasteiger partial charge is 0.419 e. The fourth-order valence-corrected chi connectivity index (χ4v) is 5.52. The van der Waals surface area contributed by atoms with E-state index in [2.05, 4.69) is 39.0 Å². The number of alkyl halides is 3. The summed E-state index contributed by atoms with van der Waals surface area (Å²) < 4.78 is 51.1. The number of halogens is 3. The van der Waals surface area contributed by atoms with Gasteiger partial charge in [-0.1, -0.05) is 25.2 Å². The Balaban J connectivity index is 1.63. The highest BCUT2D eigenvalue weighted by Crippen LogP contribution is 2.41. The zero-order chi connectivity index (χ0) is 29.1. The lowest BCUT2D eigenvalue weighted by Gasteiger charge is -2.37. The van der Waals surface area contributed by atoms with Crippen molar-refractivity contribution in [3.8, 4) is 22.9 Å². The van der Waals surface area contributed by atoms with E-state index in [9.17, 15) is 22.8 Å². The minimum Gasteiger partial charge on any atom is -0.496 e. The number of benzene rings is 1. The summed E-state index contributed by atoms with van der Waals surface area (Å²) >= 11 is 1.17. The molecular formula is C26H28F3N5O5S. The lowest BCUT2D eigenvalue weighted by atomic mass is 9.84. The van der Waals surface area contributed by atoms with Crippen LogP contribution < -0.4 is 14.8 Å². The van der Waals surface area contributed by atoms with Crippen molar-refractivity contribution in [2.45, 2.75) is 39.4 Å². The third kappa shape index (κ3) is 7.24. The second kappa shape index (κ2) is 11.8. The van der Waals surface area contributed by atoms with E-state index < -0.39 is 30.2 Å². The second-order valence-corrected chi connectivity index (χ2v) is 11.1. The van der Waals surface area contributed by atoms with Gasteiger partial charge in [-0.2, -0.15) is 13.2 Å². The van der Waals surface area contributed by atoms with Gasteiger partial charge in [0.15, 0.2) is 11.7 Å². The molecule has 4 rings (SSSR count). The van der Waals surface area contributed by atoms with Crippen LogP contribution in [0.3, 0.4) is 0 Å². The highest BCUT2D eigenvalue weighted by molar-refractivity contribution is 7.16. The lowest BCUT2D eigenvalue weighted by Crippen LogP contribution is -2.39. The molecule has 3 heterocycles. The van der Waals surface area contributed by atoms with Crippen molar-refractivity contribution in [1.82, 2.24) is 19.9 Å². The van der Waals surface area contributed by atoms with Crippen molar-refractivity contribution in [2.75, 3.05) is 32.1 Å². The molecule has 0 spiro atoms. The second-order valence-electron chi connectivity index (χ2n) is 10.1. The fraction of sp³-hybridized carbons (Fsp3) is 0.423. The van der Waals surface area contributed by atoms with Gasteiger partial charge >= 0.3 is 12.1 Å². The molecule has 10 nitrogen and oxygen atoms in total. The van der Waals surface area contributed by atoms with Crippen LogP contribution >= 0.6 is 11.3 Å². The molecule has 1 amide bonds. The number of ether oxygens (including phenoxy) is 2. The molecule has 0 bridgehead atoms. The Morgan fingerprint density at radius 1 is 1.23 bits per heavy atom. The number of anilines is 1. The van der Waals surface area contributed by atoms with Crippen LogP contribution in [-0.2, 0) is 17.5 Å². The van der Waals surface area contributed by atoms with Gasteiger partial charge in [0.1, 0.15) is 11.4 Å². The number of likely N-dealkylation sites (tertiary alicyclic amines) is 1. The standard InChI is InChI=1S/C26H28F3N5O5S/c1-25(2)7-4-8-34(14-25)12-19-22(15-5-6-18(38-3)16(9-15)26(27,28)29)32-24(40-19)33-23(37)17-10-31-20(11-30-17)39-13-21(35)36/h5-6,9-11H,4,7-8,12-14H2,1-3H3,(H,35,36)(H,32,33,37). The summed E-state index contributed by atoms with van der Waals surface area (Å²) in [6.45, 7) is 5.85. The number of thiazole rings is 1. The van der Waals surface area contributed by atoms with E-state index in [1.165, 1.54) is 30.6 Å². The maximum atomic E-state index is 13.8. The summed E-state index contributed by atoms with van der Waals surface area (Å²) in [6, 6.07) is 3.78. The van der Waals surface area contributed by atoms with Gasteiger partial charge in [0.05, 0.1) is 30.8 Å². The van der Waals surface area contributed by atoms with E-state index in [1.54, 1.807) is 0 Å². The van der Waals surface area contributed by atoms with Gasteiger partial charge in [0, 0.05) is 23.5 Å². The average molecular weight is 580 g/mol. The Morgan fingerprint density at radius 2 is 2.00 bits per heavy atom. The molecule has 214 valence electrons. The Labute approximate surface area is 232 Å². The van der Waals surface area contributed by atoms with Crippen LogP contribution in [0.25, 0.3) is 11.3 Å². The van der Waals surface area contributed by atoms with Gasteiger partial charge in [-0.05, 0) is 43.0 Å². The number of rotatable bonds is 9. The number of aromatic nitrogens is 3. The van der Waals surface area contributed by atoms with Crippen molar-refractivity contribution < 1.29 is 37.3 Å². The van der Waals surface area contributed by atoms with Crippen LogP contribution in [0.5, 0.6) is 11.6 Å². The lowest BCUT2D eigenvalue weighted by molar-refractivity contribution is -0.140. The van der Waals surface area contributed by atoms with E-state index in [-0.39, 0.29) is 33.4 Å². The summed E-state index contributed by atoms with van der Waals surface area (Å²) in [7, 11) is 1.18. The largest absolute Gasteiger partial charge is 0.496 e. The highest BCUT2D eigenvalue weighted by atomic mass is 32.1. The van der Waals surface area contributed by atoms with E-state index in [0.717, 1.165) is 44.4 Å². The first-order valence-electron chi connectivity index (χ1n) is 12.3. The van der Waals surface area contributed by atoms with Gasteiger partial charge in [0.25, 0.3) is 5.91 Å². The third-order valence-corrected chi connectivity index (χ3v) is 7.20. The summed E-state index contributed by atoms with van der Waals surface area (Å²) in [6.07, 6.45) is -0.322. The number of amides is 1. The van der Waals surface area contributed by atoms with Crippen LogP contribution in [0.4, 0.5) is 18.3 Å². The Bertz CT molecular complexity index is 1380. The number of hydrogen-bond donors (Lipinski definition) is 2. The van der Waals surface area contributed by atoms with Gasteiger partial charge in [-0.15, -0.1) is 0 Å². The van der Waals surface area contributed by atoms with Gasteiger partial charge in [-0.25, -0.2) is 19.7 Å². The van der Waals surface area contributed by atoms with Crippen LogP contribution in [0.1, 0.15) is 47.6 Å². The predicted molar refractivity (Wildman–Crippen MR) is 141 cm³/mol. The minimum atomic E-state index is -4.63. The van der Waals surface area contributed by atoms with E-state index >= 15 is 0 Å². The maximum Gasteiger partial charge on any atom is 0.419 e. The van der Waals surface area contributed by atoms with E-state index in [0.29, 0.717) is 17.1 Å². The molecule has 1 aromatic carbocycles. The first-order valence-corrected chi connectivity index (χ1v) is 13.1. The molecule has 0 unspecified atom stereocenters. The Morgan fingerprint density at radius 3 is 2.62 bits per heavy atom. The minimum absolute atomic E-state index is 0.0674. The number of carbonyl (C=O) groups is 2. The number of nitrogens with one attached hydrogen (secondary N) is 1. The third-order valence-electron chi connectivity index (χ3n) is 6.25. The molecule has 1 aliphatic rings. The Hall–Kier alpha value is -3.78. The van der Waals surface area contributed by atoms with E-state index in [4.69, 9.17) is 14.6 Å². The van der Waals surface area contributed by atoms with Gasteiger partial charge < -0.3 is 14.6 Å². The molecule has 0 atom stereocenters. The number of carboxylic acids is 1. The first-order chi connectivity index (χ1) is 18.8. The predicted octanol–water partition coefficient (Wildman–Crippen LogP) is 4.97. The number of hydrogen-bond acceptors (Lipinski definition) is 9. The number of nitrogens with zero attached hydrogens (tertiary/aromatic N) is 4. The van der Waals surface area contributed by atoms with Crippen molar-refractivity contribution in [3.63, 3.8) is 0 Å². The molecule has 3 aromatic rings. The summed E-state index contributed by atoms with van der Waals surface area (Å²) in [5.74, 6) is -2.20. The molecule has 2 N–H and O–H groups in total. The molecule has 0 saturated carbocycles. The molecule has 2 aromatic heterocycles. The van der Waals surface area contributed by atoms with Crippen molar-refractivity contribution >= 4 is 28.3 Å². The monoisotopic (exact) mass is 579 g/mol. The van der Waals surface area contributed by atoms with Crippen LogP contribution in [0.15, 0.2) is 30.6 Å².